The van der Waals surface area contributed by atoms with E-state index < -0.39 is 18.3 Å². The summed E-state index contributed by atoms with van der Waals surface area (Å²) in [6, 6.07) is 5.31. The Kier molecular flexibility index (Phi) is 3.51. The Balaban J connectivity index is 2.35. The zero-order chi connectivity index (χ0) is 13.6. The van der Waals surface area contributed by atoms with Crippen molar-refractivity contribution < 1.29 is 13.7 Å². The number of benzene rings is 1. The average molecular weight is 268 g/mol. The summed E-state index contributed by atoms with van der Waals surface area (Å²) in [4.78, 5) is 0.613. The summed E-state index contributed by atoms with van der Waals surface area (Å²) in [5, 5.41) is 0. The van der Waals surface area contributed by atoms with Crippen LogP contribution < -0.4 is 5.46 Å². The average Bonchev–Trinajstić information content (AvgIpc) is 2.48. The summed E-state index contributed by atoms with van der Waals surface area (Å²) in [6.45, 7) is 7.85. The summed E-state index contributed by atoms with van der Waals surface area (Å²) >= 11 is 1.38. The van der Waals surface area contributed by atoms with Crippen LogP contribution in [0, 0.1) is 5.82 Å². The monoisotopic (exact) mass is 268 g/mol. The van der Waals surface area contributed by atoms with Crippen molar-refractivity contribution in [3.63, 3.8) is 0 Å². The third-order valence-electron chi connectivity index (χ3n) is 3.72. The van der Waals surface area contributed by atoms with Gasteiger partial charge in [0.1, 0.15) is 5.82 Å². The zero-order valence-corrected chi connectivity index (χ0v) is 12.2. The molecule has 0 saturated carbocycles. The molecule has 98 valence electrons. The molecule has 0 atom stereocenters. The number of thioether (sulfide) groups is 1. The molecule has 0 unspecified atom stereocenters. The molecule has 0 amide bonds. The Morgan fingerprint density at radius 2 is 1.67 bits per heavy atom. The molecular weight excluding hydrogens is 250 g/mol. The van der Waals surface area contributed by atoms with E-state index in [0.29, 0.717) is 10.4 Å². The van der Waals surface area contributed by atoms with E-state index in [1.165, 1.54) is 11.8 Å². The minimum atomic E-state index is -0.637. The summed E-state index contributed by atoms with van der Waals surface area (Å²) < 4.78 is 26.0. The highest BCUT2D eigenvalue weighted by atomic mass is 32.2. The van der Waals surface area contributed by atoms with Crippen molar-refractivity contribution >= 4 is 24.3 Å². The molecule has 5 heteroatoms. The molecule has 2 rings (SSSR count). The zero-order valence-electron chi connectivity index (χ0n) is 11.4. The first-order chi connectivity index (χ1) is 8.28. The van der Waals surface area contributed by atoms with Crippen molar-refractivity contribution in [2.75, 3.05) is 6.26 Å². The van der Waals surface area contributed by atoms with E-state index in [-0.39, 0.29) is 5.82 Å². The first-order valence-corrected chi connectivity index (χ1v) is 7.19. The molecule has 0 bridgehead atoms. The molecule has 1 aliphatic rings. The van der Waals surface area contributed by atoms with Gasteiger partial charge in [0.2, 0.25) is 0 Å². The van der Waals surface area contributed by atoms with Gasteiger partial charge in [-0.25, -0.2) is 4.39 Å². The fourth-order valence-electron chi connectivity index (χ4n) is 1.84. The van der Waals surface area contributed by atoms with Crippen LogP contribution >= 0.6 is 11.8 Å². The quantitative estimate of drug-likeness (QED) is 0.607. The smallest absolute Gasteiger partial charge is 0.399 e. The number of hydrogen-bond donors (Lipinski definition) is 0. The SMILES string of the molecule is CSc1cccc(B2OC(C)(C)C(C)(C)O2)c1F. The van der Waals surface area contributed by atoms with E-state index in [1.807, 2.05) is 40.0 Å². The van der Waals surface area contributed by atoms with Crippen LogP contribution in [-0.4, -0.2) is 24.6 Å². The molecule has 1 aromatic carbocycles. The predicted molar refractivity (Wildman–Crippen MR) is 73.9 cm³/mol. The molecule has 0 radical (unpaired) electrons. The van der Waals surface area contributed by atoms with E-state index in [4.69, 9.17) is 9.31 Å². The summed E-state index contributed by atoms with van der Waals surface area (Å²) in [5.41, 5.74) is -0.417. The molecule has 1 aromatic rings. The van der Waals surface area contributed by atoms with Gasteiger partial charge < -0.3 is 9.31 Å². The summed E-state index contributed by atoms with van der Waals surface area (Å²) in [7, 11) is -0.637. The van der Waals surface area contributed by atoms with Crippen LogP contribution in [0.2, 0.25) is 0 Å². The van der Waals surface area contributed by atoms with Crippen LogP contribution in [0.1, 0.15) is 27.7 Å². The maximum atomic E-state index is 14.2. The standard InChI is InChI=1S/C13H18BFO2S/c1-12(2)13(3,4)17-14(16-12)9-7-6-8-10(18-5)11(9)15/h6-8H,1-5H3. The number of halogens is 1. The largest absolute Gasteiger partial charge is 0.497 e. The van der Waals surface area contributed by atoms with E-state index in [2.05, 4.69) is 0 Å². The highest BCUT2D eigenvalue weighted by Crippen LogP contribution is 2.36. The molecule has 1 aliphatic heterocycles. The van der Waals surface area contributed by atoms with Gasteiger partial charge in [0.05, 0.1) is 11.2 Å². The summed E-state index contributed by atoms with van der Waals surface area (Å²) in [6.07, 6.45) is 1.85. The van der Waals surface area contributed by atoms with Gasteiger partial charge in [0.25, 0.3) is 0 Å². The lowest BCUT2D eigenvalue weighted by Gasteiger charge is -2.32. The van der Waals surface area contributed by atoms with Crippen LogP contribution in [0.5, 0.6) is 0 Å². The second-order valence-electron chi connectivity index (χ2n) is 5.45. The maximum Gasteiger partial charge on any atom is 0.497 e. The van der Waals surface area contributed by atoms with Gasteiger partial charge in [0, 0.05) is 10.4 Å². The minimum Gasteiger partial charge on any atom is -0.399 e. The Bertz CT molecular complexity index is 446. The third kappa shape index (κ3) is 2.19. The van der Waals surface area contributed by atoms with E-state index in [1.54, 1.807) is 12.1 Å². The molecular formula is C13H18BFO2S. The first-order valence-electron chi connectivity index (χ1n) is 5.96. The van der Waals surface area contributed by atoms with Gasteiger partial charge in [-0.1, -0.05) is 12.1 Å². The second-order valence-corrected chi connectivity index (χ2v) is 6.30. The highest BCUT2D eigenvalue weighted by molar-refractivity contribution is 7.98. The number of hydrogen-bond acceptors (Lipinski definition) is 3. The normalized spacial score (nSPS) is 21.3. The molecule has 0 aromatic heterocycles. The fraction of sp³-hybridized carbons (Fsp3) is 0.538. The van der Waals surface area contributed by atoms with E-state index in [0.717, 1.165) is 0 Å². The Morgan fingerprint density at radius 1 is 1.11 bits per heavy atom. The molecule has 1 fully saturated rings. The van der Waals surface area contributed by atoms with Crippen LogP contribution in [0.4, 0.5) is 4.39 Å². The van der Waals surface area contributed by atoms with Crippen LogP contribution in [-0.2, 0) is 9.31 Å². The van der Waals surface area contributed by atoms with Gasteiger partial charge in [-0.05, 0) is 40.0 Å². The van der Waals surface area contributed by atoms with Gasteiger partial charge in [-0.2, -0.15) is 0 Å². The summed E-state index contributed by atoms with van der Waals surface area (Å²) in [5.74, 6) is -0.247. The molecule has 18 heavy (non-hydrogen) atoms. The van der Waals surface area contributed by atoms with Crippen molar-refractivity contribution in [2.24, 2.45) is 0 Å². The first kappa shape index (κ1) is 13.9. The van der Waals surface area contributed by atoms with Gasteiger partial charge in [-0.15, -0.1) is 11.8 Å². The number of rotatable bonds is 2. The van der Waals surface area contributed by atoms with Crippen molar-refractivity contribution in [1.82, 2.24) is 0 Å². The lowest BCUT2D eigenvalue weighted by molar-refractivity contribution is 0.00578. The van der Waals surface area contributed by atoms with Gasteiger partial charge in [-0.3, -0.25) is 0 Å². The fourth-order valence-corrected chi connectivity index (χ4v) is 2.35. The van der Waals surface area contributed by atoms with Crippen LogP contribution in [0.15, 0.2) is 23.1 Å². The lowest BCUT2D eigenvalue weighted by atomic mass is 9.79. The van der Waals surface area contributed by atoms with Crippen LogP contribution in [0.3, 0.4) is 0 Å². The van der Waals surface area contributed by atoms with Crippen molar-refractivity contribution in [3.05, 3.63) is 24.0 Å². The lowest BCUT2D eigenvalue weighted by Crippen LogP contribution is -2.41. The molecule has 0 spiro atoms. The maximum absolute atomic E-state index is 14.2. The Morgan fingerprint density at radius 3 is 2.17 bits per heavy atom. The van der Waals surface area contributed by atoms with Gasteiger partial charge in [0.15, 0.2) is 0 Å². The topological polar surface area (TPSA) is 18.5 Å². The molecule has 0 aliphatic carbocycles. The van der Waals surface area contributed by atoms with E-state index in [9.17, 15) is 4.39 Å². The van der Waals surface area contributed by atoms with Crippen molar-refractivity contribution in [2.45, 2.75) is 43.8 Å². The Labute approximate surface area is 112 Å². The predicted octanol–water partition coefficient (Wildman–Crippen LogP) is 2.85. The third-order valence-corrected chi connectivity index (χ3v) is 4.48. The van der Waals surface area contributed by atoms with E-state index >= 15 is 0 Å². The van der Waals surface area contributed by atoms with Crippen LogP contribution in [0.25, 0.3) is 0 Å². The minimum absolute atomic E-state index is 0.247. The highest BCUT2D eigenvalue weighted by Gasteiger charge is 2.52. The second kappa shape index (κ2) is 4.55. The molecule has 1 heterocycles. The molecule has 1 saturated heterocycles. The van der Waals surface area contributed by atoms with Gasteiger partial charge >= 0.3 is 7.12 Å². The molecule has 2 nitrogen and oxygen atoms in total. The van der Waals surface area contributed by atoms with Crippen molar-refractivity contribution in [3.8, 4) is 0 Å². The van der Waals surface area contributed by atoms with Crippen molar-refractivity contribution in [1.29, 1.82) is 0 Å². The molecule has 0 N–H and O–H groups in total. The Hall–Kier alpha value is -0.515.